The zero-order chi connectivity index (χ0) is 29.3. The molecule has 1 spiro atoms. The normalized spacial score (nSPS) is 23.3. The lowest BCUT2D eigenvalue weighted by atomic mass is 9.69. The molecule has 2 aromatic rings. The summed E-state index contributed by atoms with van der Waals surface area (Å²) >= 11 is 1.68. The minimum Gasteiger partial charge on any atom is -0.494 e. The Balaban J connectivity index is 0.000000312. The maximum atomic E-state index is 13.9. The summed E-state index contributed by atoms with van der Waals surface area (Å²) in [6.45, 7) is 10.6. The van der Waals surface area contributed by atoms with Crippen LogP contribution in [-0.2, 0) is 19.9 Å². The molecule has 1 atom stereocenters. The number of carbonyl (C=O) groups is 2. The molecular formula is C31H36F2N2O4S. The van der Waals surface area contributed by atoms with Gasteiger partial charge >= 0.3 is 0 Å². The van der Waals surface area contributed by atoms with Gasteiger partial charge in [-0.3, -0.25) is 14.5 Å². The molecule has 0 aromatic heterocycles. The number of ketones is 1. The van der Waals surface area contributed by atoms with Gasteiger partial charge in [0.1, 0.15) is 5.82 Å². The fourth-order valence-electron chi connectivity index (χ4n) is 5.85. The van der Waals surface area contributed by atoms with E-state index in [0.29, 0.717) is 24.3 Å². The van der Waals surface area contributed by atoms with E-state index in [1.54, 1.807) is 11.9 Å². The van der Waals surface area contributed by atoms with Crippen molar-refractivity contribution in [1.29, 1.82) is 0 Å². The number of benzene rings is 2. The van der Waals surface area contributed by atoms with Crippen molar-refractivity contribution in [3.8, 4) is 18.1 Å². The Bertz CT molecular complexity index is 1330. The van der Waals surface area contributed by atoms with Crippen molar-refractivity contribution in [1.82, 2.24) is 4.31 Å². The molecule has 3 aliphatic heterocycles. The van der Waals surface area contributed by atoms with Gasteiger partial charge < -0.3 is 9.47 Å². The first-order valence-electron chi connectivity index (χ1n) is 13.4. The van der Waals surface area contributed by atoms with Crippen LogP contribution in [0.25, 0.3) is 0 Å². The minimum absolute atomic E-state index is 0.0569. The predicted molar refractivity (Wildman–Crippen MR) is 152 cm³/mol. The highest BCUT2D eigenvalue weighted by Crippen LogP contribution is 2.52. The molecule has 2 saturated heterocycles. The second-order valence-corrected chi connectivity index (χ2v) is 13.0. The molecule has 0 radical (unpaired) electrons. The van der Waals surface area contributed by atoms with E-state index < -0.39 is 22.7 Å². The Morgan fingerprint density at radius 1 is 1.07 bits per heavy atom. The Morgan fingerprint density at radius 3 is 2.40 bits per heavy atom. The van der Waals surface area contributed by atoms with Gasteiger partial charge in [-0.15, -0.1) is 6.42 Å². The topological polar surface area (TPSA) is 59.1 Å². The summed E-state index contributed by atoms with van der Waals surface area (Å²) in [4.78, 5) is 30.2. The van der Waals surface area contributed by atoms with Gasteiger partial charge in [0.2, 0.25) is 5.60 Å². The highest BCUT2D eigenvalue weighted by Gasteiger charge is 2.63. The van der Waals surface area contributed by atoms with Gasteiger partial charge in [0, 0.05) is 35.0 Å². The maximum Gasteiger partial charge on any atom is 0.272 e. The molecule has 2 fully saturated rings. The molecule has 214 valence electrons. The van der Waals surface area contributed by atoms with E-state index in [9.17, 15) is 18.4 Å². The largest absolute Gasteiger partial charge is 0.494 e. The van der Waals surface area contributed by atoms with Crippen LogP contribution in [0.3, 0.4) is 0 Å². The maximum absolute atomic E-state index is 13.9. The predicted octanol–water partition coefficient (Wildman–Crippen LogP) is 5.98. The summed E-state index contributed by atoms with van der Waals surface area (Å²) in [6.07, 6.45) is 8.61. The standard InChI is InChI=1S/C24H30N2O3S.C7H6F2O/c1-6-11-26-19-10-9-17(30-25-12-7-8-13-25)14-18(19)24(21(26)28)20(27)23(4,5)15-22(2,3)16-29-24;1-10-7-3-2-5(8)4-6(7)9/h1,9-10,14H,7-8,11-13,15-16H2,2-5H3;2-4H,1H3. The highest BCUT2D eigenvalue weighted by molar-refractivity contribution is 7.97. The molecule has 0 saturated carbocycles. The van der Waals surface area contributed by atoms with Gasteiger partial charge in [-0.1, -0.05) is 33.6 Å². The first-order valence-corrected chi connectivity index (χ1v) is 14.1. The van der Waals surface area contributed by atoms with Gasteiger partial charge in [0.05, 0.1) is 25.9 Å². The van der Waals surface area contributed by atoms with Crippen LogP contribution in [0.2, 0.25) is 0 Å². The van der Waals surface area contributed by atoms with E-state index in [0.717, 1.165) is 30.1 Å². The number of hydrogen-bond donors (Lipinski definition) is 0. The van der Waals surface area contributed by atoms with E-state index in [1.165, 1.54) is 30.9 Å². The molecule has 0 bridgehead atoms. The van der Waals surface area contributed by atoms with E-state index in [1.807, 2.05) is 32.0 Å². The summed E-state index contributed by atoms with van der Waals surface area (Å²) in [5.41, 5.74) is -1.21. The third kappa shape index (κ3) is 5.76. The lowest BCUT2D eigenvalue weighted by molar-refractivity contribution is -0.161. The van der Waals surface area contributed by atoms with Crippen LogP contribution in [0.5, 0.6) is 5.75 Å². The molecular weight excluding hydrogens is 534 g/mol. The van der Waals surface area contributed by atoms with E-state index in [4.69, 9.17) is 11.2 Å². The monoisotopic (exact) mass is 570 g/mol. The van der Waals surface area contributed by atoms with Gasteiger partial charge in [-0.2, -0.15) is 0 Å². The summed E-state index contributed by atoms with van der Waals surface area (Å²) in [5, 5.41) is 0. The number of amides is 1. The number of nitrogens with zero attached hydrogens (tertiary/aromatic N) is 2. The molecule has 9 heteroatoms. The molecule has 1 amide bonds. The average Bonchev–Trinajstić information content (AvgIpc) is 3.46. The van der Waals surface area contributed by atoms with Gasteiger partial charge in [0.25, 0.3) is 5.91 Å². The number of anilines is 1. The molecule has 1 unspecified atom stereocenters. The van der Waals surface area contributed by atoms with Crippen molar-refractivity contribution in [3.05, 3.63) is 53.6 Å². The van der Waals surface area contributed by atoms with Crippen LogP contribution in [0.15, 0.2) is 41.3 Å². The molecule has 40 heavy (non-hydrogen) atoms. The van der Waals surface area contributed by atoms with Gasteiger partial charge in [-0.25, -0.2) is 13.1 Å². The Kier molecular flexibility index (Phi) is 8.65. The minimum atomic E-state index is -1.62. The number of hydrogen-bond acceptors (Lipinski definition) is 6. The van der Waals surface area contributed by atoms with Crippen LogP contribution in [0.1, 0.15) is 52.5 Å². The Labute approximate surface area is 239 Å². The van der Waals surface area contributed by atoms with E-state index in [2.05, 4.69) is 28.8 Å². The number of halogens is 2. The summed E-state index contributed by atoms with van der Waals surface area (Å²) in [5.74, 6) is 0.824. The lowest BCUT2D eigenvalue weighted by Gasteiger charge is -2.32. The molecule has 6 nitrogen and oxygen atoms in total. The number of carbonyl (C=O) groups excluding carboxylic acids is 2. The van der Waals surface area contributed by atoms with Gasteiger partial charge in [-0.05, 0) is 67.0 Å². The summed E-state index contributed by atoms with van der Waals surface area (Å²) in [7, 11) is 1.33. The van der Waals surface area contributed by atoms with Crippen LogP contribution in [-0.4, -0.2) is 49.3 Å². The molecule has 3 aliphatic rings. The number of ether oxygens (including phenoxy) is 2. The molecule has 5 rings (SSSR count). The smallest absolute Gasteiger partial charge is 0.272 e. The van der Waals surface area contributed by atoms with Gasteiger partial charge in [0.15, 0.2) is 17.3 Å². The second kappa shape index (κ2) is 11.5. The Hall–Kier alpha value is -2.93. The molecule has 2 aromatic carbocycles. The quantitative estimate of drug-likeness (QED) is 0.256. The Morgan fingerprint density at radius 2 is 1.77 bits per heavy atom. The summed E-state index contributed by atoms with van der Waals surface area (Å²) in [6, 6.07) is 9.05. The molecule has 3 heterocycles. The second-order valence-electron chi connectivity index (χ2n) is 11.8. The average molecular weight is 571 g/mol. The van der Waals surface area contributed by atoms with E-state index in [-0.39, 0.29) is 29.4 Å². The number of terminal acetylenes is 1. The molecule has 0 N–H and O–H groups in total. The third-order valence-corrected chi connectivity index (χ3v) is 8.47. The van der Waals surface area contributed by atoms with Crippen molar-refractivity contribution in [3.63, 3.8) is 0 Å². The van der Waals surface area contributed by atoms with Crippen molar-refractivity contribution in [2.45, 2.75) is 57.5 Å². The van der Waals surface area contributed by atoms with Crippen LogP contribution < -0.4 is 9.64 Å². The van der Waals surface area contributed by atoms with Crippen LogP contribution in [0, 0.1) is 34.8 Å². The van der Waals surface area contributed by atoms with Crippen molar-refractivity contribution in [2.75, 3.05) is 38.3 Å². The number of fused-ring (bicyclic) bond motifs is 2. The number of Topliss-reactive ketones (excluding diaryl/α,β-unsaturated/α-hetero) is 1. The lowest BCUT2D eigenvalue weighted by Crippen LogP contribution is -2.51. The van der Waals surface area contributed by atoms with Crippen LogP contribution >= 0.6 is 11.9 Å². The molecule has 0 aliphatic carbocycles. The van der Waals surface area contributed by atoms with Crippen LogP contribution in [0.4, 0.5) is 14.5 Å². The fourth-order valence-corrected chi connectivity index (χ4v) is 6.89. The zero-order valence-corrected chi connectivity index (χ0v) is 24.5. The first-order chi connectivity index (χ1) is 18.8. The fraction of sp³-hybridized carbons (Fsp3) is 0.484. The zero-order valence-electron chi connectivity index (χ0n) is 23.7. The van der Waals surface area contributed by atoms with Crippen molar-refractivity contribution in [2.24, 2.45) is 10.8 Å². The summed E-state index contributed by atoms with van der Waals surface area (Å²) < 4.78 is 37.9. The number of methoxy groups -OCH3 is 1. The first kappa shape index (κ1) is 30.0. The SMILES string of the molecule is C#CCN1C(=O)C2(OCC(C)(C)CC(C)(C)C2=O)c2cc(SN3CCCC3)ccc21.COc1ccc(F)cc1F. The van der Waals surface area contributed by atoms with E-state index >= 15 is 0 Å². The van der Waals surface area contributed by atoms with Crippen molar-refractivity contribution >= 4 is 29.3 Å². The van der Waals surface area contributed by atoms with Crippen molar-refractivity contribution < 1.29 is 27.8 Å². The number of rotatable bonds is 4. The third-order valence-electron chi connectivity index (χ3n) is 7.38. The highest BCUT2D eigenvalue weighted by atomic mass is 32.2.